The van der Waals surface area contributed by atoms with Gasteiger partial charge in [-0.3, -0.25) is 14.4 Å². The minimum absolute atomic E-state index is 0.00655. The molecule has 0 aromatic heterocycles. The number of ether oxygens (including phenoxy) is 4. The van der Waals surface area contributed by atoms with Gasteiger partial charge in [-0.25, -0.2) is 4.79 Å². The molecule has 0 fully saturated rings. The van der Waals surface area contributed by atoms with Crippen molar-refractivity contribution in [2.24, 2.45) is 0 Å². The fraction of sp³-hybridized carbons (Fsp3) is 0.359. The standard InChI is InChI=1S/C25H34O3.C24H29ClO4.C15H11NO/c1-4-5-6-7-8-9-10-11-18-28-23-16-14-21(15-17-23)25(26)22-13-12-20(2)24(19-22)27-3;1-2-3-4-5-6-7-8-9-16-28-21-13-10-19(11-14-21)24(27)29-22-15-12-20(18-26)23(25)17-22;1-11-2-6-13(7-3-11)15(17)14-8-4-12(10-16)5-9-14/h12-17,19H,4-11,18H2,1-3H3;10-15,17-18H,2-9,16H2,1H3;2-9H,1H3. The molecule has 9 nitrogen and oxygen atoms in total. The molecule has 10 heteroatoms. The summed E-state index contributed by atoms with van der Waals surface area (Å²) < 4.78 is 22.2. The highest BCUT2D eigenvalue weighted by atomic mass is 35.5. The van der Waals surface area contributed by atoms with Gasteiger partial charge in [-0.05, 0) is 123 Å². The molecular formula is C64H74ClNO8. The highest BCUT2D eigenvalue weighted by Crippen LogP contribution is 2.25. The van der Waals surface area contributed by atoms with E-state index < -0.39 is 5.97 Å². The molecule has 0 saturated carbocycles. The first-order valence-electron chi connectivity index (χ1n) is 26.2. The summed E-state index contributed by atoms with van der Waals surface area (Å²) in [4.78, 5) is 47.8. The predicted molar refractivity (Wildman–Crippen MR) is 298 cm³/mol. The van der Waals surface area contributed by atoms with Gasteiger partial charge in [0.1, 0.15) is 23.0 Å². The van der Waals surface area contributed by atoms with Gasteiger partial charge >= 0.3 is 5.97 Å². The van der Waals surface area contributed by atoms with Crippen molar-refractivity contribution in [1.82, 2.24) is 0 Å². The third-order valence-electron chi connectivity index (χ3n) is 12.3. The maximum absolute atomic E-state index is 12.7. The van der Waals surface area contributed by atoms with E-state index in [1.165, 1.54) is 108 Å². The average Bonchev–Trinajstić information content (AvgIpc) is 3.43. The summed E-state index contributed by atoms with van der Waals surface area (Å²) >= 11 is 5.95. The van der Waals surface area contributed by atoms with Crippen molar-refractivity contribution in [3.63, 3.8) is 0 Å². The lowest BCUT2D eigenvalue weighted by atomic mass is 10.0. The van der Waals surface area contributed by atoms with Gasteiger partial charge in [-0.1, -0.05) is 157 Å². The van der Waals surface area contributed by atoms with Gasteiger partial charge in [0.2, 0.25) is 0 Å². The number of rotatable bonds is 28. The molecule has 0 radical (unpaired) electrons. The topological polar surface area (TPSA) is 129 Å². The number of hydrogen-bond acceptors (Lipinski definition) is 9. The van der Waals surface area contributed by atoms with Crippen LogP contribution in [0.1, 0.15) is 186 Å². The van der Waals surface area contributed by atoms with Crippen LogP contribution >= 0.6 is 11.6 Å². The van der Waals surface area contributed by atoms with Crippen LogP contribution in [0.3, 0.4) is 0 Å². The molecule has 0 aliphatic rings. The Balaban J connectivity index is 0.000000248. The minimum Gasteiger partial charge on any atom is -0.496 e. The second-order valence-electron chi connectivity index (χ2n) is 18.3. The zero-order valence-electron chi connectivity index (χ0n) is 44.1. The second-order valence-corrected chi connectivity index (χ2v) is 18.7. The zero-order valence-corrected chi connectivity index (χ0v) is 44.9. The normalized spacial score (nSPS) is 10.4. The van der Waals surface area contributed by atoms with Crippen molar-refractivity contribution in [1.29, 1.82) is 5.26 Å². The molecule has 74 heavy (non-hydrogen) atoms. The van der Waals surface area contributed by atoms with Gasteiger partial charge in [0.05, 0.1) is 42.5 Å². The number of halogens is 1. The van der Waals surface area contributed by atoms with Crippen LogP contribution in [0, 0.1) is 25.2 Å². The Morgan fingerprint density at radius 3 is 1.39 bits per heavy atom. The first kappa shape index (κ1) is 59.5. The second kappa shape index (κ2) is 34.4. The van der Waals surface area contributed by atoms with Crippen LogP contribution < -0.4 is 18.9 Å². The van der Waals surface area contributed by atoms with Crippen molar-refractivity contribution in [2.75, 3.05) is 20.3 Å². The molecule has 0 atom stereocenters. The van der Waals surface area contributed by atoms with Crippen LogP contribution in [0.25, 0.3) is 0 Å². The van der Waals surface area contributed by atoms with E-state index in [0.717, 1.165) is 47.8 Å². The van der Waals surface area contributed by atoms with Crippen molar-refractivity contribution in [3.8, 4) is 29.1 Å². The van der Waals surface area contributed by atoms with Gasteiger partial charge in [-0.2, -0.15) is 5.26 Å². The monoisotopic (exact) mass is 1020 g/mol. The number of nitriles is 1. The molecule has 0 spiro atoms. The number of esters is 1. The largest absolute Gasteiger partial charge is 0.496 e. The lowest BCUT2D eigenvalue weighted by Gasteiger charge is -2.09. The lowest BCUT2D eigenvalue weighted by molar-refractivity contribution is 0.0734. The van der Waals surface area contributed by atoms with E-state index in [-0.39, 0.29) is 16.6 Å². The van der Waals surface area contributed by atoms with E-state index in [0.29, 0.717) is 57.6 Å². The van der Waals surface area contributed by atoms with E-state index in [1.807, 2.05) is 80.6 Å². The summed E-state index contributed by atoms with van der Waals surface area (Å²) in [5.74, 6) is 2.07. The molecule has 6 aromatic carbocycles. The Hall–Kier alpha value is -7.02. The summed E-state index contributed by atoms with van der Waals surface area (Å²) in [5, 5.41) is 8.93. The highest BCUT2D eigenvalue weighted by Gasteiger charge is 2.13. The van der Waals surface area contributed by atoms with Crippen LogP contribution in [-0.4, -0.2) is 44.1 Å². The Labute approximate surface area is 445 Å². The van der Waals surface area contributed by atoms with E-state index >= 15 is 0 Å². The maximum atomic E-state index is 12.7. The number of aryl methyl sites for hydroxylation is 2. The number of aldehydes is 1. The summed E-state index contributed by atoms with van der Waals surface area (Å²) in [7, 11) is 1.62. The molecule has 0 aliphatic carbocycles. The molecule has 6 aromatic rings. The van der Waals surface area contributed by atoms with Crippen molar-refractivity contribution >= 4 is 35.4 Å². The summed E-state index contributed by atoms with van der Waals surface area (Å²) in [6.45, 7) is 9.84. The van der Waals surface area contributed by atoms with Crippen LogP contribution in [0.15, 0.2) is 133 Å². The third-order valence-corrected chi connectivity index (χ3v) is 12.6. The number of benzene rings is 6. The number of nitrogens with zero attached hydrogens (tertiary/aromatic N) is 1. The minimum atomic E-state index is -0.491. The average molecular weight is 1020 g/mol. The van der Waals surface area contributed by atoms with Crippen LogP contribution in [-0.2, 0) is 0 Å². The molecule has 0 saturated heterocycles. The van der Waals surface area contributed by atoms with Crippen molar-refractivity contribution in [2.45, 2.75) is 130 Å². The zero-order chi connectivity index (χ0) is 53.3. The van der Waals surface area contributed by atoms with Gasteiger partial charge in [0.15, 0.2) is 17.9 Å². The van der Waals surface area contributed by atoms with Crippen molar-refractivity contribution < 1.29 is 38.1 Å². The molecule has 0 N–H and O–H groups in total. The number of carbonyl (C=O) groups is 4. The van der Waals surface area contributed by atoms with Crippen LogP contribution in [0.5, 0.6) is 23.0 Å². The van der Waals surface area contributed by atoms with Crippen LogP contribution in [0.2, 0.25) is 5.02 Å². The molecule has 0 amide bonds. The molecule has 0 unspecified atom stereocenters. The molecule has 390 valence electrons. The Kier molecular flexibility index (Phi) is 27.7. The van der Waals surface area contributed by atoms with Crippen LogP contribution in [0.4, 0.5) is 0 Å². The van der Waals surface area contributed by atoms with E-state index in [9.17, 15) is 19.2 Å². The van der Waals surface area contributed by atoms with Gasteiger partial charge in [-0.15, -0.1) is 0 Å². The van der Waals surface area contributed by atoms with E-state index in [2.05, 4.69) is 13.8 Å². The summed E-state index contributed by atoms with van der Waals surface area (Å²) in [6.07, 6.45) is 21.1. The molecule has 0 aliphatic heterocycles. The fourth-order valence-electron chi connectivity index (χ4n) is 7.77. The lowest BCUT2D eigenvalue weighted by Crippen LogP contribution is -2.08. The number of methoxy groups -OCH3 is 1. The number of ketones is 2. The SMILES string of the molecule is CCCCCCCCCCOc1ccc(C(=O)Oc2ccc(C=O)c(Cl)c2)cc1.CCCCCCCCCCOc1ccc(C(=O)c2ccc(C)c(OC)c2)cc1.Cc1ccc(C(=O)c2ccc(C#N)cc2)cc1. The number of carbonyl (C=O) groups excluding carboxylic acids is 4. The molecule has 6 rings (SSSR count). The number of unbranched alkanes of at least 4 members (excludes halogenated alkanes) is 14. The smallest absolute Gasteiger partial charge is 0.343 e. The first-order valence-corrected chi connectivity index (χ1v) is 26.6. The fourth-order valence-corrected chi connectivity index (χ4v) is 7.99. The Bertz CT molecular complexity index is 2650. The van der Waals surface area contributed by atoms with E-state index in [1.54, 1.807) is 61.7 Å². The molecule has 0 heterocycles. The molecule has 0 bridgehead atoms. The van der Waals surface area contributed by atoms with E-state index in [4.69, 9.17) is 35.8 Å². The Morgan fingerprint density at radius 1 is 0.514 bits per heavy atom. The number of hydrogen-bond donors (Lipinski definition) is 0. The summed E-state index contributed by atoms with van der Waals surface area (Å²) in [5.41, 5.74) is 6.04. The van der Waals surface area contributed by atoms with Crippen molar-refractivity contribution in [3.05, 3.63) is 189 Å². The third kappa shape index (κ3) is 21.6. The maximum Gasteiger partial charge on any atom is 0.343 e. The Morgan fingerprint density at radius 2 is 0.932 bits per heavy atom. The molecular weight excluding hydrogens is 946 g/mol. The summed E-state index contributed by atoms with van der Waals surface area (Å²) in [6, 6.07) is 40.5. The van der Waals surface area contributed by atoms with Gasteiger partial charge in [0, 0.05) is 33.9 Å². The highest BCUT2D eigenvalue weighted by molar-refractivity contribution is 6.33. The van der Waals surface area contributed by atoms with Gasteiger partial charge in [0.25, 0.3) is 0 Å². The van der Waals surface area contributed by atoms with Gasteiger partial charge < -0.3 is 18.9 Å². The predicted octanol–water partition coefficient (Wildman–Crippen LogP) is 16.7. The quantitative estimate of drug-likeness (QED) is 0.0155. The first-order chi connectivity index (χ1) is 36.0.